The van der Waals surface area contributed by atoms with Crippen LogP contribution in [0.3, 0.4) is 0 Å². The zero-order valence-electron chi connectivity index (χ0n) is 12.2. The lowest BCUT2D eigenvalue weighted by Crippen LogP contribution is -2.27. The molecular weight excluding hydrogens is 268 g/mol. The number of hydrogen-bond acceptors (Lipinski definition) is 4. The van der Waals surface area contributed by atoms with Gasteiger partial charge >= 0.3 is 5.97 Å². The molecule has 0 saturated carbocycles. The SMILES string of the molecule is CC(CN1CCCC1)Cn1nnc2c(C(=O)O)cccc21. The van der Waals surface area contributed by atoms with Crippen LogP contribution in [0.25, 0.3) is 11.0 Å². The maximum atomic E-state index is 11.2. The predicted molar refractivity (Wildman–Crippen MR) is 79.3 cm³/mol. The quantitative estimate of drug-likeness (QED) is 0.909. The van der Waals surface area contributed by atoms with Crippen molar-refractivity contribution in [2.75, 3.05) is 19.6 Å². The van der Waals surface area contributed by atoms with Crippen molar-refractivity contribution in [3.63, 3.8) is 0 Å². The Balaban J connectivity index is 1.77. The number of benzene rings is 1. The first-order chi connectivity index (χ1) is 10.1. The van der Waals surface area contributed by atoms with Gasteiger partial charge in [-0.2, -0.15) is 0 Å². The minimum absolute atomic E-state index is 0.214. The Hall–Kier alpha value is -1.95. The molecule has 1 N–H and O–H groups in total. The fourth-order valence-electron chi connectivity index (χ4n) is 3.06. The number of aromatic carboxylic acids is 1. The monoisotopic (exact) mass is 288 g/mol. The average Bonchev–Trinajstić information content (AvgIpc) is 3.08. The average molecular weight is 288 g/mol. The molecule has 112 valence electrons. The van der Waals surface area contributed by atoms with Crippen LogP contribution >= 0.6 is 0 Å². The second kappa shape index (κ2) is 5.81. The zero-order valence-corrected chi connectivity index (χ0v) is 12.2. The Labute approximate surface area is 123 Å². The van der Waals surface area contributed by atoms with E-state index in [9.17, 15) is 9.90 Å². The first kappa shape index (κ1) is 14.0. The van der Waals surface area contributed by atoms with Gasteiger partial charge in [0, 0.05) is 13.1 Å². The Kier molecular flexibility index (Phi) is 3.88. The molecule has 0 bridgehead atoms. The minimum atomic E-state index is -0.960. The summed E-state index contributed by atoms with van der Waals surface area (Å²) in [4.78, 5) is 13.7. The van der Waals surface area contributed by atoms with Crippen LogP contribution in [0.1, 0.15) is 30.1 Å². The maximum absolute atomic E-state index is 11.2. The molecule has 1 atom stereocenters. The lowest BCUT2D eigenvalue weighted by molar-refractivity contribution is 0.0699. The van der Waals surface area contributed by atoms with E-state index in [0.29, 0.717) is 11.4 Å². The van der Waals surface area contributed by atoms with Crippen LogP contribution < -0.4 is 0 Å². The molecular formula is C15H20N4O2. The Bertz CT molecular complexity index is 646. The molecule has 1 aromatic carbocycles. The van der Waals surface area contributed by atoms with Crippen molar-refractivity contribution in [3.8, 4) is 0 Å². The van der Waals surface area contributed by atoms with Crippen molar-refractivity contribution in [2.45, 2.75) is 26.3 Å². The van der Waals surface area contributed by atoms with Crippen molar-refractivity contribution in [1.82, 2.24) is 19.9 Å². The third-order valence-corrected chi connectivity index (χ3v) is 4.03. The summed E-state index contributed by atoms with van der Waals surface area (Å²) in [6.07, 6.45) is 2.59. The molecule has 6 heteroatoms. The van der Waals surface area contributed by atoms with Crippen molar-refractivity contribution in [3.05, 3.63) is 23.8 Å². The van der Waals surface area contributed by atoms with Crippen molar-refractivity contribution < 1.29 is 9.90 Å². The van der Waals surface area contributed by atoms with Gasteiger partial charge in [-0.3, -0.25) is 0 Å². The number of carbonyl (C=O) groups is 1. The van der Waals surface area contributed by atoms with Gasteiger partial charge in [0.2, 0.25) is 0 Å². The molecule has 0 aliphatic carbocycles. The summed E-state index contributed by atoms with van der Waals surface area (Å²) < 4.78 is 1.82. The Morgan fingerprint density at radius 1 is 1.33 bits per heavy atom. The molecule has 0 amide bonds. The van der Waals surface area contributed by atoms with Gasteiger partial charge in [0.25, 0.3) is 0 Å². The van der Waals surface area contributed by atoms with Gasteiger partial charge < -0.3 is 10.0 Å². The molecule has 1 fully saturated rings. The van der Waals surface area contributed by atoms with Crippen molar-refractivity contribution >= 4 is 17.0 Å². The van der Waals surface area contributed by atoms with E-state index in [2.05, 4.69) is 22.1 Å². The molecule has 1 aromatic heterocycles. The minimum Gasteiger partial charge on any atom is -0.478 e. The second-order valence-electron chi connectivity index (χ2n) is 5.86. The van der Waals surface area contributed by atoms with Crippen molar-refractivity contribution in [1.29, 1.82) is 0 Å². The number of nitrogens with zero attached hydrogens (tertiary/aromatic N) is 4. The number of carboxylic acid groups (broad SMARTS) is 1. The molecule has 2 aromatic rings. The van der Waals surface area contributed by atoms with Gasteiger partial charge in [-0.15, -0.1) is 5.10 Å². The lowest BCUT2D eigenvalue weighted by Gasteiger charge is -2.20. The highest BCUT2D eigenvalue weighted by atomic mass is 16.4. The first-order valence-corrected chi connectivity index (χ1v) is 7.43. The number of fused-ring (bicyclic) bond motifs is 1. The highest BCUT2D eigenvalue weighted by Crippen LogP contribution is 2.18. The van der Waals surface area contributed by atoms with E-state index in [1.807, 2.05) is 10.7 Å². The normalized spacial score (nSPS) is 17.4. The molecule has 3 rings (SSSR count). The van der Waals surface area contributed by atoms with Gasteiger partial charge in [0.15, 0.2) is 0 Å². The van der Waals surface area contributed by atoms with Crippen molar-refractivity contribution in [2.24, 2.45) is 5.92 Å². The van der Waals surface area contributed by atoms with Crippen LogP contribution in [0.15, 0.2) is 18.2 Å². The first-order valence-electron chi connectivity index (χ1n) is 7.43. The van der Waals surface area contributed by atoms with Crippen LogP contribution in [0.5, 0.6) is 0 Å². The predicted octanol–water partition coefficient (Wildman–Crippen LogP) is 1.86. The summed E-state index contributed by atoms with van der Waals surface area (Å²) in [6, 6.07) is 5.19. The highest BCUT2D eigenvalue weighted by Gasteiger charge is 2.18. The number of carboxylic acids is 1. The summed E-state index contributed by atoms with van der Waals surface area (Å²) in [5.74, 6) is -0.501. The van der Waals surface area contributed by atoms with Crippen LogP contribution in [-0.4, -0.2) is 50.6 Å². The van der Waals surface area contributed by atoms with E-state index in [1.165, 1.54) is 25.9 Å². The Morgan fingerprint density at radius 2 is 2.10 bits per heavy atom. The van der Waals surface area contributed by atoms with E-state index >= 15 is 0 Å². The standard InChI is InChI=1S/C15H20N4O2/c1-11(9-18-7-2-3-8-18)10-19-13-6-4-5-12(15(20)21)14(13)16-17-19/h4-6,11H,2-3,7-10H2,1H3,(H,20,21). The highest BCUT2D eigenvalue weighted by molar-refractivity contribution is 6.00. The van der Waals surface area contributed by atoms with Crippen LogP contribution in [0, 0.1) is 5.92 Å². The fraction of sp³-hybridized carbons (Fsp3) is 0.533. The van der Waals surface area contributed by atoms with Gasteiger partial charge in [-0.25, -0.2) is 9.48 Å². The lowest BCUT2D eigenvalue weighted by atomic mass is 10.1. The third kappa shape index (κ3) is 2.90. The maximum Gasteiger partial charge on any atom is 0.338 e. The summed E-state index contributed by atoms with van der Waals surface area (Å²) in [5.41, 5.74) is 1.48. The van der Waals surface area contributed by atoms with Crippen LogP contribution in [0.2, 0.25) is 0 Å². The second-order valence-corrected chi connectivity index (χ2v) is 5.86. The Morgan fingerprint density at radius 3 is 2.81 bits per heavy atom. The van der Waals surface area contributed by atoms with E-state index in [1.54, 1.807) is 12.1 Å². The smallest absolute Gasteiger partial charge is 0.338 e. The molecule has 1 aliphatic heterocycles. The van der Waals surface area contributed by atoms with Crippen LogP contribution in [-0.2, 0) is 6.54 Å². The third-order valence-electron chi connectivity index (χ3n) is 4.03. The van der Waals surface area contributed by atoms with E-state index in [0.717, 1.165) is 18.6 Å². The van der Waals surface area contributed by atoms with E-state index < -0.39 is 5.97 Å². The van der Waals surface area contributed by atoms with E-state index in [4.69, 9.17) is 0 Å². The van der Waals surface area contributed by atoms with Gasteiger partial charge in [0.05, 0.1) is 11.1 Å². The van der Waals surface area contributed by atoms with Crippen LogP contribution in [0.4, 0.5) is 0 Å². The summed E-state index contributed by atoms with van der Waals surface area (Å²) in [5, 5.41) is 17.4. The molecule has 0 radical (unpaired) electrons. The largest absolute Gasteiger partial charge is 0.478 e. The molecule has 1 aliphatic rings. The summed E-state index contributed by atoms with van der Waals surface area (Å²) >= 11 is 0. The molecule has 1 unspecified atom stereocenters. The summed E-state index contributed by atoms with van der Waals surface area (Å²) in [7, 11) is 0. The molecule has 0 spiro atoms. The molecule has 6 nitrogen and oxygen atoms in total. The fourth-order valence-corrected chi connectivity index (χ4v) is 3.06. The van der Waals surface area contributed by atoms with Gasteiger partial charge in [0.1, 0.15) is 5.52 Å². The molecule has 21 heavy (non-hydrogen) atoms. The summed E-state index contributed by atoms with van der Waals surface area (Å²) in [6.45, 7) is 6.39. The number of rotatable bonds is 5. The molecule has 1 saturated heterocycles. The van der Waals surface area contributed by atoms with Gasteiger partial charge in [-0.05, 0) is 44.0 Å². The number of hydrogen-bond donors (Lipinski definition) is 1. The zero-order chi connectivity index (χ0) is 14.8. The van der Waals surface area contributed by atoms with E-state index in [-0.39, 0.29) is 5.56 Å². The molecule has 2 heterocycles. The van der Waals surface area contributed by atoms with Gasteiger partial charge in [-0.1, -0.05) is 18.2 Å². The number of likely N-dealkylation sites (tertiary alicyclic amines) is 1. The number of aromatic nitrogens is 3. The topological polar surface area (TPSA) is 71.2 Å².